The van der Waals surface area contributed by atoms with Gasteiger partial charge >= 0.3 is 12.0 Å². The molecule has 0 radical (unpaired) electrons. The number of esters is 1. The smallest absolute Gasteiger partial charge is 0.319 e. The first-order valence-electron chi connectivity index (χ1n) is 14.4. The molecule has 1 saturated heterocycles. The van der Waals surface area contributed by atoms with Gasteiger partial charge in [0.1, 0.15) is 18.4 Å². The van der Waals surface area contributed by atoms with Gasteiger partial charge in [0.05, 0.1) is 25.5 Å². The lowest BCUT2D eigenvalue weighted by atomic mass is 9.81. The Morgan fingerprint density at radius 3 is 2.43 bits per heavy atom. The Kier molecular flexibility index (Phi) is 9.47. The van der Waals surface area contributed by atoms with Crippen LogP contribution in [0.2, 0.25) is 0 Å². The highest BCUT2D eigenvalue weighted by Gasteiger charge is 2.44. The molecular formula is C31H37F3N4O4. The number of nitrogens with one attached hydrogen (secondary N) is 1. The zero-order chi connectivity index (χ0) is 29.8. The van der Waals surface area contributed by atoms with Crippen molar-refractivity contribution in [1.29, 1.82) is 0 Å². The predicted molar refractivity (Wildman–Crippen MR) is 151 cm³/mol. The Bertz CT molecular complexity index is 1320. The first-order valence-corrected chi connectivity index (χ1v) is 14.4. The molecule has 226 valence electrons. The molecule has 0 aromatic heterocycles. The zero-order valence-electron chi connectivity index (χ0n) is 23.9. The molecule has 2 aliphatic heterocycles. The van der Waals surface area contributed by atoms with Crippen LogP contribution in [0, 0.1) is 23.4 Å². The average Bonchev–Trinajstić information content (AvgIpc) is 3.46. The lowest BCUT2D eigenvalue weighted by Gasteiger charge is -2.39. The van der Waals surface area contributed by atoms with Crippen LogP contribution in [0.3, 0.4) is 0 Å². The number of amides is 2. The van der Waals surface area contributed by atoms with Gasteiger partial charge < -0.3 is 14.8 Å². The summed E-state index contributed by atoms with van der Waals surface area (Å²) in [6.45, 7) is 1.43. The van der Waals surface area contributed by atoms with Crippen LogP contribution in [0.25, 0.3) is 0 Å². The summed E-state index contributed by atoms with van der Waals surface area (Å²) in [6, 6.07) is 9.16. The number of methoxy groups -OCH3 is 2. The minimum atomic E-state index is -1.08. The van der Waals surface area contributed by atoms with Crippen LogP contribution in [0.15, 0.2) is 47.5 Å². The van der Waals surface area contributed by atoms with Crippen molar-refractivity contribution in [2.24, 2.45) is 10.9 Å². The summed E-state index contributed by atoms with van der Waals surface area (Å²) in [4.78, 5) is 34.8. The molecule has 2 amide bonds. The summed E-state index contributed by atoms with van der Waals surface area (Å²) in [6.07, 6.45) is 4.50. The third kappa shape index (κ3) is 6.32. The molecule has 8 nitrogen and oxygen atoms in total. The number of hydrogen-bond acceptors (Lipinski definition) is 6. The van der Waals surface area contributed by atoms with Gasteiger partial charge in [-0.15, -0.1) is 0 Å². The number of ether oxygens (including phenoxy) is 2. The maximum Gasteiger partial charge on any atom is 0.319 e. The van der Waals surface area contributed by atoms with Crippen LogP contribution in [-0.2, 0) is 14.3 Å². The molecule has 2 heterocycles. The van der Waals surface area contributed by atoms with E-state index < -0.39 is 35.6 Å². The summed E-state index contributed by atoms with van der Waals surface area (Å²) in [5.41, 5.74) is 1.41. The van der Waals surface area contributed by atoms with E-state index in [2.05, 4.69) is 15.2 Å². The van der Waals surface area contributed by atoms with Crippen molar-refractivity contribution < 1.29 is 32.2 Å². The lowest BCUT2D eigenvalue weighted by molar-refractivity contribution is -0.145. The third-order valence-electron chi connectivity index (χ3n) is 8.84. The first-order chi connectivity index (χ1) is 20.3. The van der Waals surface area contributed by atoms with E-state index in [0.29, 0.717) is 18.3 Å². The summed E-state index contributed by atoms with van der Waals surface area (Å²) in [7, 11) is 2.69. The van der Waals surface area contributed by atoms with Gasteiger partial charge in [-0.3, -0.25) is 19.6 Å². The fraction of sp³-hybridized carbons (Fsp3) is 0.516. The van der Waals surface area contributed by atoms with E-state index in [1.54, 1.807) is 6.07 Å². The number of hydrogen-bond donors (Lipinski definition) is 1. The van der Waals surface area contributed by atoms with Crippen molar-refractivity contribution in [3.63, 3.8) is 0 Å². The fourth-order valence-corrected chi connectivity index (χ4v) is 6.70. The Labute approximate surface area is 243 Å². The molecule has 1 saturated carbocycles. The second kappa shape index (κ2) is 13.2. The van der Waals surface area contributed by atoms with Crippen molar-refractivity contribution in [2.45, 2.75) is 56.1 Å². The van der Waals surface area contributed by atoms with Crippen molar-refractivity contribution in [1.82, 2.24) is 15.1 Å². The summed E-state index contributed by atoms with van der Waals surface area (Å²) >= 11 is 0. The van der Waals surface area contributed by atoms with E-state index in [9.17, 15) is 22.8 Å². The largest absolute Gasteiger partial charge is 0.468 e. The number of aliphatic imine (C=N–C) groups is 1. The summed E-state index contributed by atoms with van der Waals surface area (Å²) < 4.78 is 52.7. The van der Waals surface area contributed by atoms with Gasteiger partial charge in [0, 0.05) is 32.3 Å². The highest BCUT2D eigenvalue weighted by Crippen LogP contribution is 2.38. The molecule has 0 bridgehead atoms. The molecule has 1 aliphatic carbocycles. The van der Waals surface area contributed by atoms with Crippen LogP contribution in [0.1, 0.15) is 55.2 Å². The predicted octanol–water partition coefficient (Wildman–Crippen LogP) is 4.81. The second-order valence-electron chi connectivity index (χ2n) is 11.3. The van der Waals surface area contributed by atoms with E-state index in [1.807, 2.05) is 12.1 Å². The summed E-state index contributed by atoms with van der Waals surface area (Å²) in [5.74, 6) is -3.74. The normalized spacial score (nSPS) is 26.5. The Morgan fingerprint density at radius 1 is 0.976 bits per heavy atom. The SMILES string of the molecule is COCC1=NCN(C(=O)N[C@@H]2CCN(C3CCC(c4ccccc4F)CC3)C2)[C@@H](c2ccc(F)c(F)c2)C1C(=O)OC. The van der Waals surface area contributed by atoms with Crippen molar-refractivity contribution in [3.8, 4) is 0 Å². The number of likely N-dealkylation sites (tertiary alicyclic amines) is 1. The highest BCUT2D eigenvalue weighted by atomic mass is 19.2. The molecule has 5 rings (SSSR count). The van der Waals surface area contributed by atoms with E-state index in [0.717, 1.165) is 56.3 Å². The molecule has 11 heteroatoms. The number of halogens is 3. The molecule has 3 aliphatic rings. The molecule has 42 heavy (non-hydrogen) atoms. The number of benzene rings is 2. The first kappa shape index (κ1) is 30.0. The molecule has 1 N–H and O–H groups in total. The van der Waals surface area contributed by atoms with Gasteiger partial charge in [-0.2, -0.15) is 0 Å². The Hall–Kier alpha value is -3.44. The van der Waals surface area contributed by atoms with E-state index in [-0.39, 0.29) is 36.6 Å². The van der Waals surface area contributed by atoms with Crippen molar-refractivity contribution in [2.75, 3.05) is 40.6 Å². The van der Waals surface area contributed by atoms with Crippen LogP contribution < -0.4 is 5.32 Å². The number of carbonyl (C=O) groups is 2. The average molecular weight is 587 g/mol. The van der Waals surface area contributed by atoms with Gasteiger partial charge in [-0.1, -0.05) is 24.3 Å². The van der Waals surface area contributed by atoms with Crippen LogP contribution in [0.5, 0.6) is 0 Å². The van der Waals surface area contributed by atoms with Gasteiger partial charge in [0.2, 0.25) is 0 Å². The molecular weight excluding hydrogens is 549 g/mol. The molecule has 0 spiro atoms. The Balaban J connectivity index is 1.27. The minimum absolute atomic E-state index is 0.0200. The topological polar surface area (TPSA) is 83.5 Å². The molecule has 2 aromatic rings. The van der Waals surface area contributed by atoms with Crippen LogP contribution in [-0.4, -0.2) is 80.2 Å². The van der Waals surface area contributed by atoms with Gasteiger partial charge in [0.15, 0.2) is 11.6 Å². The molecule has 1 unspecified atom stereocenters. The molecule has 2 aromatic carbocycles. The zero-order valence-corrected chi connectivity index (χ0v) is 23.9. The maximum atomic E-state index is 14.3. The molecule has 3 atom stereocenters. The second-order valence-corrected chi connectivity index (χ2v) is 11.3. The van der Waals surface area contributed by atoms with E-state index >= 15 is 0 Å². The lowest BCUT2D eigenvalue weighted by Crippen LogP contribution is -2.54. The van der Waals surface area contributed by atoms with E-state index in [1.165, 1.54) is 31.3 Å². The Morgan fingerprint density at radius 2 is 1.74 bits per heavy atom. The minimum Gasteiger partial charge on any atom is -0.468 e. The maximum absolute atomic E-state index is 14.3. The number of carbonyl (C=O) groups excluding carboxylic acids is 2. The number of urea groups is 1. The standard InChI is InChI=1S/C31H37F3N4O4/c1-41-17-27-28(30(39)42-2)29(20-9-12-25(33)26(34)15-20)38(18-35-27)31(40)36-21-13-14-37(16-21)22-10-7-19(8-11-22)23-5-3-4-6-24(23)32/h3-6,9,12,15,19,21-22,28-29H,7-8,10-11,13-14,16-18H2,1-2H3,(H,36,40)/t19?,21-,22?,28?,29+/m1/s1. The van der Waals surface area contributed by atoms with E-state index in [4.69, 9.17) is 9.47 Å². The third-order valence-corrected chi connectivity index (χ3v) is 8.84. The van der Waals surface area contributed by atoms with Gasteiger partial charge in [-0.05, 0) is 67.3 Å². The quantitative estimate of drug-likeness (QED) is 0.471. The monoisotopic (exact) mass is 586 g/mol. The summed E-state index contributed by atoms with van der Waals surface area (Å²) in [5, 5.41) is 3.09. The van der Waals surface area contributed by atoms with Gasteiger partial charge in [0.25, 0.3) is 0 Å². The number of nitrogens with zero attached hydrogens (tertiary/aromatic N) is 3. The van der Waals surface area contributed by atoms with Crippen molar-refractivity contribution in [3.05, 3.63) is 71.0 Å². The van der Waals surface area contributed by atoms with Crippen molar-refractivity contribution >= 4 is 17.7 Å². The fourth-order valence-electron chi connectivity index (χ4n) is 6.70. The number of rotatable bonds is 7. The van der Waals surface area contributed by atoms with Crippen LogP contribution >= 0.6 is 0 Å². The highest BCUT2D eigenvalue weighted by molar-refractivity contribution is 6.04. The molecule has 2 fully saturated rings. The van der Waals surface area contributed by atoms with Gasteiger partial charge in [-0.25, -0.2) is 18.0 Å². The van der Waals surface area contributed by atoms with Crippen LogP contribution in [0.4, 0.5) is 18.0 Å².